The molecule has 0 aliphatic heterocycles. The highest BCUT2D eigenvalue weighted by molar-refractivity contribution is 6.35. The van der Waals surface area contributed by atoms with Crippen molar-refractivity contribution in [3.8, 4) is 11.3 Å². The Labute approximate surface area is 127 Å². The molecule has 0 saturated heterocycles. The summed E-state index contributed by atoms with van der Waals surface area (Å²) in [6.45, 7) is 0.781. The van der Waals surface area contributed by atoms with E-state index in [0.717, 1.165) is 19.1 Å². The van der Waals surface area contributed by atoms with Crippen LogP contribution >= 0.6 is 11.6 Å². The molecular formula is C13H9ClF4N2O2. The Morgan fingerprint density at radius 2 is 1.91 bits per heavy atom. The molecule has 1 amide bonds. The molecule has 9 heteroatoms. The lowest BCUT2D eigenvalue weighted by atomic mass is 10.1. The summed E-state index contributed by atoms with van der Waals surface area (Å²) in [5.41, 5.74) is 0.393. The van der Waals surface area contributed by atoms with E-state index in [0.29, 0.717) is 5.56 Å². The molecule has 1 atom stereocenters. The van der Waals surface area contributed by atoms with Crippen LogP contribution in [0.1, 0.15) is 17.5 Å². The molecule has 0 aliphatic carbocycles. The second kappa shape index (κ2) is 5.96. The number of benzene rings is 1. The molecule has 0 aliphatic rings. The third-order valence-corrected chi connectivity index (χ3v) is 3.15. The molecule has 0 unspecified atom stereocenters. The molecule has 4 nitrogen and oxygen atoms in total. The molecule has 0 saturated carbocycles. The summed E-state index contributed by atoms with van der Waals surface area (Å²) >= 11 is 5.90. The highest BCUT2D eigenvalue weighted by Crippen LogP contribution is 2.30. The summed E-state index contributed by atoms with van der Waals surface area (Å²) in [5.74, 6) is -2.17. The van der Waals surface area contributed by atoms with Crippen molar-refractivity contribution in [3.63, 3.8) is 0 Å². The quantitative estimate of drug-likeness (QED) is 0.867. The zero-order valence-corrected chi connectivity index (χ0v) is 11.8. The Morgan fingerprint density at radius 3 is 2.45 bits per heavy atom. The Kier molecular flexibility index (Phi) is 4.41. The van der Waals surface area contributed by atoms with Gasteiger partial charge in [0, 0.05) is 5.56 Å². The second-order valence-electron chi connectivity index (χ2n) is 4.42. The number of rotatable bonds is 3. The number of amides is 1. The number of carbonyl (C=O) groups excluding carboxylic acids is 1. The third-order valence-electron chi connectivity index (χ3n) is 2.80. The van der Waals surface area contributed by atoms with Crippen LogP contribution in [-0.2, 0) is 0 Å². The summed E-state index contributed by atoms with van der Waals surface area (Å²) in [7, 11) is 0. The van der Waals surface area contributed by atoms with Gasteiger partial charge in [-0.15, -0.1) is 0 Å². The van der Waals surface area contributed by atoms with Crippen molar-refractivity contribution in [3.05, 3.63) is 40.9 Å². The van der Waals surface area contributed by atoms with Crippen LogP contribution in [0.4, 0.5) is 17.6 Å². The Bertz CT molecular complexity index is 682. The number of alkyl halides is 3. The van der Waals surface area contributed by atoms with Crippen molar-refractivity contribution in [1.29, 1.82) is 0 Å². The summed E-state index contributed by atoms with van der Waals surface area (Å²) in [6.07, 6.45) is -4.60. The van der Waals surface area contributed by atoms with E-state index in [1.165, 1.54) is 12.1 Å². The zero-order chi connectivity index (χ0) is 16.5. The van der Waals surface area contributed by atoms with E-state index in [1.807, 2.05) is 0 Å². The number of halogens is 5. The Morgan fingerprint density at radius 1 is 1.32 bits per heavy atom. The number of nitrogens with zero attached hydrogens (tertiary/aromatic N) is 1. The third kappa shape index (κ3) is 3.38. The van der Waals surface area contributed by atoms with Gasteiger partial charge in [0.2, 0.25) is 5.76 Å². The highest BCUT2D eigenvalue weighted by atomic mass is 35.5. The molecule has 1 aromatic heterocycles. The Balaban J connectivity index is 2.24. The summed E-state index contributed by atoms with van der Waals surface area (Å²) in [4.78, 5) is 11.7. The van der Waals surface area contributed by atoms with Gasteiger partial charge in [-0.3, -0.25) is 4.79 Å². The van der Waals surface area contributed by atoms with Gasteiger partial charge in [0.05, 0.1) is 0 Å². The lowest BCUT2D eigenvalue weighted by molar-refractivity contribution is -0.149. The van der Waals surface area contributed by atoms with E-state index in [2.05, 4.69) is 5.16 Å². The van der Waals surface area contributed by atoms with E-state index < -0.39 is 29.7 Å². The molecule has 1 aromatic carbocycles. The molecule has 0 spiro atoms. The van der Waals surface area contributed by atoms with Crippen LogP contribution in [0.15, 0.2) is 28.8 Å². The fourth-order valence-electron chi connectivity index (χ4n) is 1.55. The summed E-state index contributed by atoms with van der Waals surface area (Å²) < 4.78 is 54.8. The van der Waals surface area contributed by atoms with Gasteiger partial charge in [-0.2, -0.15) is 13.2 Å². The number of nitrogens with one attached hydrogen (secondary N) is 1. The maximum Gasteiger partial charge on any atom is 0.408 e. The van der Waals surface area contributed by atoms with Gasteiger partial charge >= 0.3 is 6.18 Å². The minimum Gasteiger partial charge on any atom is -0.349 e. The molecule has 1 heterocycles. The van der Waals surface area contributed by atoms with Gasteiger partial charge in [0.1, 0.15) is 22.6 Å². The molecule has 1 N–H and O–H groups in total. The van der Waals surface area contributed by atoms with Gasteiger partial charge in [0.15, 0.2) is 0 Å². The van der Waals surface area contributed by atoms with Crippen molar-refractivity contribution < 1.29 is 26.9 Å². The van der Waals surface area contributed by atoms with Crippen molar-refractivity contribution in [2.75, 3.05) is 0 Å². The molecular weight excluding hydrogens is 328 g/mol. The minimum absolute atomic E-state index is 0.0338. The smallest absolute Gasteiger partial charge is 0.349 e. The standard InChI is InChI=1S/C13H9ClF4N2O2/c1-6(13(16,17)18)19-12(21)11-9(14)10(20-22-11)7-2-4-8(15)5-3-7/h2-6H,1H3,(H,19,21)/t6-/m0/s1. The van der Waals surface area contributed by atoms with Gasteiger partial charge < -0.3 is 9.84 Å². The van der Waals surface area contributed by atoms with E-state index in [1.54, 1.807) is 5.32 Å². The van der Waals surface area contributed by atoms with Crippen molar-refractivity contribution >= 4 is 17.5 Å². The molecule has 0 fully saturated rings. The van der Waals surface area contributed by atoms with Gasteiger partial charge in [-0.1, -0.05) is 16.8 Å². The summed E-state index contributed by atoms with van der Waals surface area (Å²) in [6, 6.07) is 2.91. The topological polar surface area (TPSA) is 55.1 Å². The zero-order valence-electron chi connectivity index (χ0n) is 11.0. The molecule has 0 bridgehead atoms. The average molecular weight is 337 g/mol. The Hall–Kier alpha value is -2.09. The largest absolute Gasteiger partial charge is 0.408 e. The molecule has 0 radical (unpaired) electrons. The van der Waals surface area contributed by atoms with Crippen LogP contribution in [0, 0.1) is 5.82 Å². The monoisotopic (exact) mass is 336 g/mol. The molecule has 22 heavy (non-hydrogen) atoms. The van der Waals surface area contributed by atoms with Crippen molar-refractivity contribution in [2.45, 2.75) is 19.1 Å². The van der Waals surface area contributed by atoms with Crippen molar-refractivity contribution in [1.82, 2.24) is 10.5 Å². The SMILES string of the molecule is C[C@H](NC(=O)c1onc(-c2ccc(F)cc2)c1Cl)C(F)(F)F. The first-order valence-corrected chi connectivity index (χ1v) is 6.36. The lowest BCUT2D eigenvalue weighted by Crippen LogP contribution is -2.43. The minimum atomic E-state index is -4.60. The van der Waals surface area contributed by atoms with Gasteiger partial charge in [0.25, 0.3) is 5.91 Å². The van der Waals surface area contributed by atoms with Gasteiger partial charge in [-0.05, 0) is 31.2 Å². The van der Waals surface area contributed by atoms with E-state index in [-0.39, 0.29) is 10.7 Å². The molecule has 2 rings (SSSR count). The highest BCUT2D eigenvalue weighted by Gasteiger charge is 2.38. The first-order chi connectivity index (χ1) is 10.2. The van der Waals surface area contributed by atoms with Crippen LogP contribution in [-0.4, -0.2) is 23.3 Å². The van der Waals surface area contributed by atoms with Crippen LogP contribution in [0.25, 0.3) is 11.3 Å². The maximum absolute atomic E-state index is 12.8. The predicted octanol–water partition coefficient (Wildman–Crippen LogP) is 3.81. The number of carbonyl (C=O) groups is 1. The number of hydrogen-bond acceptors (Lipinski definition) is 3. The van der Waals surface area contributed by atoms with Gasteiger partial charge in [-0.25, -0.2) is 4.39 Å². The van der Waals surface area contributed by atoms with Crippen LogP contribution in [0.5, 0.6) is 0 Å². The predicted molar refractivity (Wildman–Crippen MR) is 69.9 cm³/mol. The fourth-order valence-corrected chi connectivity index (χ4v) is 1.82. The maximum atomic E-state index is 12.8. The van der Waals surface area contributed by atoms with E-state index in [9.17, 15) is 22.4 Å². The van der Waals surface area contributed by atoms with Crippen LogP contribution in [0.2, 0.25) is 5.02 Å². The molecule has 2 aromatic rings. The van der Waals surface area contributed by atoms with E-state index >= 15 is 0 Å². The first-order valence-electron chi connectivity index (χ1n) is 5.99. The molecule has 118 valence electrons. The van der Waals surface area contributed by atoms with Crippen LogP contribution < -0.4 is 5.32 Å². The average Bonchev–Trinajstić information content (AvgIpc) is 2.80. The fraction of sp³-hybridized carbons (Fsp3) is 0.231. The van der Waals surface area contributed by atoms with Crippen molar-refractivity contribution in [2.24, 2.45) is 0 Å². The van der Waals surface area contributed by atoms with E-state index in [4.69, 9.17) is 16.1 Å². The summed E-state index contributed by atoms with van der Waals surface area (Å²) in [5, 5.41) is 4.99. The number of aromatic nitrogens is 1. The normalized spacial score (nSPS) is 13.0. The number of hydrogen-bond donors (Lipinski definition) is 1. The first kappa shape index (κ1) is 16.3. The lowest BCUT2D eigenvalue weighted by Gasteiger charge is -2.15. The van der Waals surface area contributed by atoms with Crippen LogP contribution in [0.3, 0.4) is 0 Å². The second-order valence-corrected chi connectivity index (χ2v) is 4.80.